The van der Waals surface area contributed by atoms with Gasteiger partial charge in [-0.3, -0.25) is 9.36 Å². The number of hydrogen-bond donors (Lipinski definition) is 3. The smallest absolute Gasteiger partial charge is 0.283 e. The minimum absolute atomic E-state index is 0.00874. The second kappa shape index (κ2) is 11.4. The van der Waals surface area contributed by atoms with Crippen LogP contribution in [-0.2, 0) is 0 Å². The van der Waals surface area contributed by atoms with Crippen molar-refractivity contribution in [1.29, 1.82) is 0 Å². The number of rotatable bonds is 7. The molecule has 12 heteroatoms. The fraction of sp³-hybridized carbons (Fsp3) is 0.200. The summed E-state index contributed by atoms with van der Waals surface area (Å²) in [6, 6.07) is 15.9. The summed E-state index contributed by atoms with van der Waals surface area (Å²) in [5, 5.41) is 9.60. The van der Waals surface area contributed by atoms with Gasteiger partial charge in [0.2, 0.25) is 5.95 Å². The van der Waals surface area contributed by atoms with Gasteiger partial charge < -0.3 is 25.6 Å². The first-order chi connectivity index (χ1) is 20.4. The van der Waals surface area contributed by atoms with Crippen LogP contribution in [0.2, 0.25) is 0 Å². The molecule has 0 saturated carbocycles. The molecule has 214 valence electrons. The lowest BCUT2D eigenvalue weighted by molar-refractivity contribution is 0.416. The largest absolute Gasteiger partial charge is 0.494 e. The van der Waals surface area contributed by atoms with Crippen LogP contribution in [0, 0.1) is 11.6 Å². The average Bonchev–Trinajstić information content (AvgIpc) is 3.01. The second-order valence-electron chi connectivity index (χ2n) is 9.71. The fourth-order valence-electron chi connectivity index (χ4n) is 4.98. The van der Waals surface area contributed by atoms with Crippen molar-refractivity contribution in [3.05, 3.63) is 88.8 Å². The molecule has 3 aromatic carbocycles. The first-order valence-corrected chi connectivity index (χ1v) is 13.4. The van der Waals surface area contributed by atoms with Crippen molar-refractivity contribution in [2.24, 2.45) is 0 Å². The first kappa shape index (κ1) is 27.1. The SMILES string of the molecule is CNc1cccc(-n2c(=O)c(-c3cc(F)cc(F)c3)nc3cnc(Nc4ccc(N5CCNCC5)cc4OC)nc32)c1. The van der Waals surface area contributed by atoms with Gasteiger partial charge in [-0.2, -0.15) is 4.98 Å². The van der Waals surface area contributed by atoms with Crippen molar-refractivity contribution < 1.29 is 13.5 Å². The molecular weight excluding hydrogens is 542 g/mol. The van der Waals surface area contributed by atoms with E-state index in [0.717, 1.165) is 55.8 Å². The van der Waals surface area contributed by atoms with Crippen LogP contribution in [-0.4, -0.2) is 59.9 Å². The highest BCUT2D eigenvalue weighted by Crippen LogP contribution is 2.32. The van der Waals surface area contributed by atoms with E-state index in [4.69, 9.17) is 4.74 Å². The number of hydrogen-bond acceptors (Lipinski definition) is 9. The van der Waals surface area contributed by atoms with Crippen LogP contribution in [0.3, 0.4) is 0 Å². The van der Waals surface area contributed by atoms with Gasteiger partial charge in [-0.25, -0.2) is 18.7 Å². The summed E-state index contributed by atoms with van der Waals surface area (Å²) in [4.78, 5) is 29.7. The van der Waals surface area contributed by atoms with E-state index in [-0.39, 0.29) is 28.4 Å². The Hall–Kier alpha value is -5.10. The van der Waals surface area contributed by atoms with Gasteiger partial charge in [-0.1, -0.05) is 6.07 Å². The third-order valence-electron chi connectivity index (χ3n) is 7.04. The van der Waals surface area contributed by atoms with Crippen molar-refractivity contribution in [1.82, 2.24) is 24.8 Å². The zero-order valence-corrected chi connectivity index (χ0v) is 23.0. The Morgan fingerprint density at radius 2 is 1.74 bits per heavy atom. The Bertz CT molecular complexity index is 1820. The third-order valence-corrected chi connectivity index (χ3v) is 7.04. The predicted molar refractivity (Wildman–Crippen MR) is 159 cm³/mol. The lowest BCUT2D eigenvalue weighted by Crippen LogP contribution is -2.43. The van der Waals surface area contributed by atoms with Crippen molar-refractivity contribution in [2.45, 2.75) is 0 Å². The van der Waals surface area contributed by atoms with Gasteiger partial charge >= 0.3 is 0 Å². The molecule has 1 saturated heterocycles. The van der Waals surface area contributed by atoms with E-state index in [9.17, 15) is 13.6 Å². The van der Waals surface area contributed by atoms with E-state index < -0.39 is 17.2 Å². The number of benzene rings is 3. The second-order valence-corrected chi connectivity index (χ2v) is 9.71. The zero-order chi connectivity index (χ0) is 29.2. The molecular formula is C30H28F2N8O2. The van der Waals surface area contributed by atoms with Crippen molar-refractivity contribution in [3.8, 4) is 22.7 Å². The number of piperazine rings is 1. The van der Waals surface area contributed by atoms with Gasteiger partial charge in [0.1, 0.15) is 28.6 Å². The van der Waals surface area contributed by atoms with Crippen LogP contribution in [0.15, 0.2) is 71.7 Å². The molecule has 0 atom stereocenters. The van der Waals surface area contributed by atoms with Gasteiger partial charge in [0.05, 0.1) is 24.7 Å². The van der Waals surface area contributed by atoms with E-state index >= 15 is 0 Å². The summed E-state index contributed by atoms with van der Waals surface area (Å²) >= 11 is 0. The molecule has 0 unspecified atom stereocenters. The Kier molecular flexibility index (Phi) is 7.36. The van der Waals surface area contributed by atoms with Crippen LogP contribution < -0.4 is 31.1 Å². The van der Waals surface area contributed by atoms with Gasteiger partial charge in [0.15, 0.2) is 5.65 Å². The third kappa shape index (κ3) is 5.31. The topological polar surface area (TPSA) is 109 Å². The first-order valence-electron chi connectivity index (χ1n) is 13.4. The van der Waals surface area contributed by atoms with Crippen molar-refractivity contribution in [2.75, 3.05) is 55.9 Å². The molecule has 42 heavy (non-hydrogen) atoms. The summed E-state index contributed by atoms with van der Waals surface area (Å²) < 4.78 is 35.2. The van der Waals surface area contributed by atoms with Gasteiger partial charge in [-0.05, 0) is 42.5 Å². The molecule has 3 N–H and O–H groups in total. The van der Waals surface area contributed by atoms with Crippen molar-refractivity contribution >= 4 is 34.2 Å². The normalized spacial score (nSPS) is 13.3. The summed E-state index contributed by atoms with van der Waals surface area (Å²) in [5.74, 6) is -0.819. The highest BCUT2D eigenvalue weighted by molar-refractivity contribution is 5.78. The number of aromatic nitrogens is 4. The molecule has 5 aromatic rings. The van der Waals surface area contributed by atoms with E-state index in [0.29, 0.717) is 17.1 Å². The number of nitrogens with one attached hydrogen (secondary N) is 3. The number of methoxy groups -OCH3 is 1. The molecule has 1 fully saturated rings. The van der Waals surface area contributed by atoms with Crippen LogP contribution in [0.5, 0.6) is 5.75 Å². The summed E-state index contributed by atoms with van der Waals surface area (Å²) in [6.45, 7) is 3.62. The standard InChI is InChI=1S/C30H28F2N8O2/c1-33-21-4-3-5-23(15-21)40-28-25(36-27(29(40)41)18-12-19(31)14-20(32)13-18)17-35-30(38-28)37-24-7-6-22(16-26(24)42-2)39-10-8-34-9-11-39/h3-7,12-17,33-34H,8-11H2,1-2H3,(H,35,37,38). The van der Waals surface area contributed by atoms with E-state index in [1.807, 2.05) is 24.3 Å². The molecule has 3 heterocycles. The molecule has 10 nitrogen and oxygen atoms in total. The molecule has 1 aliphatic heterocycles. The van der Waals surface area contributed by atoms with E-state index in [1.165, 1.54) is 10.8 Å². The number of anilines is 4. The van der Waals surface area contributed by atoms with Gasteiger partial charge in [-0.15, -0.1) is 0 Å². The maximum atomic E-state index is 14.1. The monoisotopic (exact) mass is 570 g/mol. The van der Waals surface area contributed by atoms with Crippen LogP contribution in [0.1, 0.15) is 0 Å². The molecule has 0 bridgehead atoms. The molecule has 0 amide bonds. The van der Waals surface area contributed by atoms with E-state index in [1.54, 1.807) is 32.4 Å². The highest BCUT2D eigenvalue weighted by Gasteiger charge is 2.19. The summed E-state index contributed by atoms with van der Waals surface area (Å²) in [7, 11) is 3.36. The number of nitrogens with zero attached hydrogens (tertiary/aromatic N) is 5. The molecule has 1 aliphatic rings. The highest BCUT2D eigenvalue weighted by atomic mass is 19.1. The number of halogens is 2. The maximum Gasteiger partial charge on any atom is 0.283 e. The van der Waals surface area contributed by atoms with Crippen LogP contribution in [0.4, 0.5) is 31.8 Å². The Labute approximate surface area is 240 Å². The lowest BCUT2D eigenvalue weighted by Gasteiger charge is -2.30. The molecule has 0 radical (unpaired) electrons. The Balaban J connectivity index is 1.47. The zero-order valence-electron chi connectivity index (χ0n) is 23.0. The number of fused-ring (bicyclic) bond motifs is 1. The summed E-state index contributed by atoms with van der Waals surface area (Å²) in [5.41, 5.74) is 2.68. The fourth-order valence-corrected chi connectivity index (χ4v) is 4.98. The average molecular weight is 571 g/mol. The van der Waals surface area contributed by atoms with Crippen LogP contribution in [0.25, 0.3) is 28.1 Å². The lowest BCUT2D eigenvalue weighted by atomic mass is 10.1. The van der Waals surface area contributed by atoms with Crippen molar-refractivity contribution in [3.63, 3.8) is 0 Å². The quantitative estimate of drug-likeness (QED) is 0.264. The predicted octanol–water partition coefficient (Wildman–Crippen LogP) is 4.32. The van der Waals surface area contributed by atoms with Gasteiger partial charge in [0.25, 0.3) is 5.56 Å². The van der Waals surface area contributed by atoms with E-state index in [2.05, 4.69) is 35.8 Å². The minimum atomic E-state index is -0.817. The van der Waals surface area contributed by atoms with Crippen LogP contribution >= 0.6 is 0 Å². The Morgan fingerprint density at radius 1 is 0.952 bits per heavy atom. The number of ether oxygens (including phenoxy) is 1. The maximum absolute atomic E-state index is 14.1. The minimum Gasteiger partial charge on any atom is -0.494 e. The summed E-state index contributed by atoms with van der Waals surface area (Å²) in [6.07, 6.45) is 1.46. The molecule has 0 aliphatic carbocycles. The van der Waals surface area contributed by atoms with Gasteiger partial charge in [0, 0.05) is 62.3 Å². The molecule has 6 rings (SSSR count). The molecule has 2 aromatic heterocycles. The molecule has 0 spiro atoms. The Morgan fingerprint density at radius 3 is 2.48 bits per heavy atom.